The molecular formula is C20H30O13. The van der Waals surface area contributed by atoms with Gasteiger partial charge in [-0.15, -0.1) is 0 Å². The minimum atomic E-state index is -1.60. The molecule has 1 aliphatic carbocycles. The SMILES string of the molecule is OCC1OC(OCC2=CC(OC3OCC(O)C(O)C3O)C3C=COC(O)C23)C(O)C(O)C1O. The van der Waals surface area contributed by atoms with Gasteiger partial charge in [0, 0.05) is 5.92 Å². The molecular weight excluding hydrogens is 448 g/mol. The van der Waals surface area contributed by atoms with E-state index in [4.69, 9.17) is 23.7 Å². The van der Waals surface area contributed by atoms with Gasteiger partial charge in [0.15, 0.2) is 12.6 Å². The number of rotatable bonds is 6. The van der Waals surface area contributed by atoms with E-state index in [0.717, 1.165) is 0 Å². The van der Waals surface area contributed by atoms with E-state index in [0.29, 0.717) is 5.57 Å². The average Bonchev–Trinajstić information content (AvgIpc) is 3.16. The van der Waals surface area contributed by atoms with Crippen molar-refractivity contribution in [3.8, 4) is 0 Å². The molecule has 33 heavy (non-hydrogen) atoms. The predicted octanol–water partition coefficient (Wildman–Crippen LogP) is -4.34. The van der Waals surface area contributed by atoms with Crippen LogP contribution in [0, 0.1) is 11.8 Å². The van der Waals surface area contributed by atoms with Crippen LogP contribution in [0.4, 0.5) is 0 Å². The van der Waals surface area contributed by atoms with Crippen LogP contribution < -0.4 is 0 Å². The van der Waals surface area contributed by atoms with Crippen LogP contribution in [0.1, 0.15) is 0 Å². The van der Waals surface area contributed by atoms with Crippen LogP contribution in [0.5, 0.6) is 0 Å². The maximum Gasteiger partial charge on any atom is 0.203 e. The first-order valence-corrected chi connectivity index (χ1v) is 10.7. The van der Waals surface area contributed by atoms with Crippen molar-refractivity contribution in [2.45, 2.75) is 67.7 Å². The third-order valence-electron chi connectivity index (χ3n) is 6.43. The van der Waals surface area contributed by atoms with Crippen molar-refractivity contribution < 1.29 is 64.5 Å². The van der Waals surface area contributed by atoms with Gasteiger partial charge in [0.05, 0.1) is 38.1 Å². The highest BCUT2D eigenvalue weighted by atomic mass is 16.7. The summed E-state index contributed by atoms with van der Waals surface area (Å²) in [4.78, 5) is 0. The second kappa shape index (κ2) is 10.2. The van der Waals surface area contributed by atoms with Crippen molar-refractivity contribution in [3.63, 3.8) is 0 Å². The molecule has 0 radical (unpaired) electrons. The second-order valence-corrected chi connectivity index (χ2v) is 8.56. The van der Waals surface area contributed by atoms with E-state index >= 15 is 0 Å². The first kappa shape index (κ1) is 24.9. The summed E-state index contributed by atoms with van der Waals surface area (Å²) < 4.78 is 27.2. The second-order valence-electron chi connectivity index (χ2n) is 8.56. The highest BCUT2D eigenvalue weighted by molar-refractivity contribution is 5.26. The molecule has 8 N–H and O–H groups in total. The monoisotopic (exact) mass is 478 g/mol. The van der Waals surface area contributed by atoms with Crippen molar-refractivity contribution in [1.82, 2.24) is 0 Å². The van der Waals surface area contributed by atoms with Crippen LogP contribution in [-0.4, -0.2) is 128 Å². The van der Waals surface area contributed by atoms with E-state index in [1.165, 1.54) is 6.26 Å². The van der Waals surface area contributed by atoms with Crippen molar-refractivity contribution in [3.05, 3.63) is 24.0 Å². The molecule has 188 valence electrons. The molecule has 0 aromatic carbocycles. The van der Waals surface area contributed by atoms with E-state index in [9.17, 15) is 40.9 Å². The zero-order valence-corrected chi connectivity index (χ0v) is 17.5. The van der Waals surface area contributed by atoms with Crippen LogP contribution in [-0.2, 0) is 23.7 Å². The Hall–Kier alpha value is -1.20. The van der Waals surface area contributed by atoms with Crippen molar-refractivity contribution in [2.24, 2.45) is 11.8 Å². The van der Waals surface area contributed by atoms with Crippen LogP contribution >= 0.6 is 0 Å². The van der Waals surface area contributed by atoms with E-state index in [1.807, 2.05) is 0 Å². The molecule has 0 spiro atoms. The summed E-state index contributed by atoms with van der Waals surface area (Å²) in [5, 5.41) is 79.4. The summed E-state index contributed by atoms with van der Waals surface area (Å²) in [7, 11) is 0. The van der Waals surface area contributed by atoms with Crippen LogP contribution in [0.15, 0.2) is 24.0 Å². The van der Waals surface area contributed by atoms with Gasteiger partial charge >= 0.3 is 0 Å². The summed E-state index contributed by atoms with van der Waals surface area (Å²) in [5.74, 6) is -1.07. The molecule has 3 aliphatic heterocycles. The van der Waals surface area contributed by atoms with Crippen LogP contribution in [0.2, 0.25) is 0 Å². The first-order chi connectivity index (χ1) is 15.7. The molecule has 13 atom stereocenters. The normalized spacial score (nSPS) is 49.9. The predicted molar refractivity (Wildman–Crippen MR) is 104 cm³/mol. The smallest absolute Gasteiger partial charge is 0.203 e. The first-order valence-electron chi connectivity index (χ1n) is 10.7. The van der Waals surface area contributed by atoms with Crippen molar-refractivity contribution >= 4 is 0 Å². The molecule has 13 unspecified atom stereocenters. The van der Waals surface area contributed by atoms with Crippen LogP contribution in [0.25, 0.3) is 0 Å². The Morgan fingerprint density at radius 3 is 2.36 bits per heavy atom. The van der Waals surface area contributed by atoms with Gasteiger partial charge in [-0.3, -0.25) is 0 Å². The zero-order chi connectivity index (χ0) is 23.9. The molecule has 13 heteroatoms. The lowest BCUT2D eigenvalue weighted by Crippen LogP contribution is -2.59. The Bertz CT molecular complexity index is 729. The van der Waals surface area contributed by atoms with Crippen molar-refractivity contribution in [1.29, 1.82) is 0 Å². The fourth-order valence-corrected chi connectivity index (χ4v) is 4.50. The molecule has 0 aromatic heterocycles. The molecule has 0 saturated carbocycles. The quantitative estimate of drug-likeness (QED) is 0.170. The minimum Gasteiger partial charge on any atom is -0.472 e. The Morgan fingerprint density at radius 2 is 1.64 bits per heavy atom. The van der Waals surface area contributed by atoms with Crippen LogP contribution in [0.3, 0.4) is 0 Å². The third kappa shape index (κ3) is 4.82. The molecule has 0 aromatic rings. The molecule has 4 rings (SSSR count). The van der Waals surface area contributed by atoms with E-state index in [1.54, 1.807) is 12.2 Å². The minimum absolute atomic E-state index is 0.187. The van der Waals surface area contributed by atoms with Gasteiger partial charge < -0.3 is 64.5 Å². The molecule has 4 aliphatic rings. The summed E-state index contributed by atoms with van der Waals surface area (Å²) in [5.41, 5.74) is 0.504. The lowest BCUT2D eigenvalue weighted by molar-refractivity contribution is -0.299. The Labute approximate surface area is 188 Å². The molecule has 0 amide bonds. The van der Waals surface area contributed by atoms with Gasteiger partial charge in [0.1, 0.15) is 42.7 Å². The Kier molecular flexibility index (Phi) is 7.69. The summed E-state index contributed by atoms with van der Waals surface area (Å²) >= 11 is 0. The number of hydrogen-bond donors (Lipinski definition) is 8. The fraction of sp³-hybridized carbons (Fsp3) is 0.800. The third-order valence-corrected chi connectivity index (χ3v) is 6.43. The number of ether oxygens (including phenoxy) is 5. The van der Waals surface area contributed by atoms with Gasteiger partial charge in [-0.05, 0) is 11.6 Å². The van der Waals surface area contributed by atoms with Gasteiger partial charge in [0.25, 0.3) is 0 Å². The topological polar surface area (TPSA) is 208 Å². The van der Waals surface area contributed by atoms with Gasteiger partial charge in [-0.25, -0.2) is 0 Å². The molecule has 13 nitrogen and oxygen atoms in total. The number of hydrogen-bond acceptors (Lipinski definition) is 13. The Morgan fingerprint density at radius 1 is 0.909 bits per heavy atom. The average molecular weight is 478 g/mol. The highest BCUT2D eigenvalue weighted by Gasteiger charge is 2.48. The maximum atomic E-state index is 10.4. The van der Waals surface area contributed by atoms with Gasteiger partial charge in [-0.2, -0.15) is 0 Å². The molecule has 0 bridgehead atoms. The van der Waals surface area contributed by atoms with Gasteiger partial charge in [-0.1, -0.05) is 6.08 Å². The zero-order valence-electron chi connectivity index (χ0n) is 17.5. The maximum absolute atomic E-state index is 10.4. The molecule has 2 fully saturated rings. The summed E-state index contributed by atoms with van der Waals surface area (Å²) in [6.07, 6.45) is -10.0. The van der Waals surface area contributed by atoms with E-state index < -0.39 is 86.1 Å². The fourth-order valence-electron chi connectivity index (χ4n) is 4.50. The lowest BCUT2D eigenvalue weighted by Gasteiger charge is -2.40. The Balaban J connectivity index is 1.46. The summed E-state index contributed by atoms with van der Waals surface area (Å²) in [6.45, 7) is -1.02. The number of aliphatic hydroxyl groups excluding tert-OH is 8. The highest BCUT2D eigenvalue weighted by Crippen LogP contribution is 2.41. The van der Waals surface area contributed by atoms with Crippen molar-refractivity contribution in [2.75, 3.05) is 19.8 Å². The standard InChI is InChI=1S/C20H30O13/c21-4-11-14(24)15(25)17(27)20(33-11)30-5-7-3-10(8-1-2-29-18(28)12(7)8)32-19-16(26)13(23)9(22)6-31-19/h1-3,8-28H,4-6H2. The van der Waals surface area contributed by atoms with Gasteiger partial charge in [0.2, 0.25) is 6.29 Å². The molecule has 2 saturated heterocycles. The largest absolute Gasteiger partial charge is 0.472 e. The number of aliphatic hydroxyl groups is 8. The molecule has 3 heterocycles. The summed E-state index contributed by atoms with van der Waals surface area (Å²) in [6, 6.07) is 0. The number of fused-ring (bicyclic) bond motifs is 1. The van der Waals surface area contributed by atoms with E-state index in [-0.39, 0.29) is 13.2 Å². The lowest BCUT2D eigenvalue weighted by atomic mass is 9.88. The van der Waals surface area contributed by atoms with E-state index in [2.05, 4.69) is 0 Å².